The van der Waals surface area contributed by atoms with Crippen LogP contribution in [0.15, 0.2) is 46.8 Å². The number of carbonyl (C=O) groups excluding carboxylic acids is 1. The summed E-state index contributed by atoms with van der Waals surface area (Å²) < 4.78 is 26.5. The third-order valence-corrected chi connectivity index (χ3v) is 8.64. The molecule has 0 aliphatic carbocycles. The zero-order valence-electron chi connectivity index (χ0n) is 17.4. The van der Waals surface area contributed by atoms with E-state index in [1.54, 1.807) is 29.5 Å². The summed E-state index contributed by atoms with van der Waals surface area (Å²) in [5.41, 5.74) is 2.48. The maximum Gasteiger partial charge on any atom is 0.263 e. The van der Waals surface area contributed by atoms with Gasteiger partial charge in [-0.05, 0) is 49.2 Å². The number of ketones is 1. The molecule has 0 atom stereocenters. The summed E-state index contributed by atoms with van der Waals surface area (Å²) >= 11 is 3.03. The highest BCUT2D eigenvalue weighted by Crippen LogP contribution is 2.35. The molecular weight excluding hydrogens is 466 g/mol. The third kappa shape index (κ3) is 3.58. The van der Waals surface area contributed by atoms with E-state index in [-0.39, 0.29) is 17.9 Å². The summed E-state index contributed by atoms with van der Waals surface area (Å²) in [4.78, 5) is 33.4. The molecule has 5 rings (SSSR count). The summed E-state index contributed by atoms with van der Waals surface area (Å²) in [7, 11) is -3.35. The molecule has 1 aromatic carbocycles. The number of sulfonamides is 1. The smallest absolute Gasteiger partial charge is 0.263 e. The fourth-order valence-electron chi connectivity index (χ4n) is 3.98. The summed E-state index contributed by atoms with van der Waals surface area (Å²) in [5, 5.41) is 2.47. The number of anilines is 1. The second-order valence-corrected chi connectivity index (χ2v) is 11.8. The molecule has 0 spiro atoms. The quantitative estimate of drug-likeness (QED) is 0.402. The van der Waals surface area contributed by atoms with Crippen molar-refractivity contribution in [2.45, 2.75) is 19.9 Å². The summed E-state index contributed by atoms with van der Waals surface area (Å²) in [6.45, 7) is 2.26. The minimum absolute atomic E-state index is 0.130. The van der Waals surface area contributed by atoms with Crippen LogP contribution < -0.4 is 9.86 Å². The first-order valence-corrected chi connectivity index (χ1v) is 13.4. The molecule has 0 fully saturated rings. The molecule has 10 heteroatoms. The summed E-state index contributed by atoms with van der Waals surface area (Å²) in [6.07, 6.45) is 3.14. The van der Waals surface area contributed by atoms with Gasteiger partial charge in [0.25, 0.3) is 5.56 Å². The van der Waals surface area contributed by atoms with Crippen molar-refractivity contribution in [1.29, 1.82) is 0 Å². The average Bonchev–Trinajstić information content (AvgIpc) is 3.46. The van der Waals surface area contributed by atoms with Crippen LogP contribution in [0.2, 0.25) is 0 Å². The minimum atomic E-state index is -3.35. The summed E-state index contributed by atoms with van der Waals surface area (Å²) in [5.74, 6) is -0.224. The van der Waals surface area contributed by atoms with Gasteiger partial charge in [-0.2, -0.15) is 0 Å². The van der Waals surface area contributed by atoms with E-state index < -0.39 is 10.0 Å². The number of aryl methyl sites for hydroxylation is 1. The normalized spacial score (nSPS) is 13.6. The first-order valence-electron chi connectivity index (χ1n) is 9.89. The largest absolute Gasteiger partial charge is 0.292 e. The van der Waals surface area contributed by atoms with Crippen LogP contribution in [0.1, 0.15) is 20.8 Å². The molecule has 0 radical (unpaired) electrons. The minimum Gasteiger partial charge on any atom is -0.292 e. The Morgan fingerprint density at radius 1 is 1.22 bits per heavy atom. The molecule has 0 saturated carbocycles. The molecule has 4 aromatic rings. The molecule has 0 amide bonds. The lowest BCUT2D eigenvalue weighted by Crippen LogP contribution is -2.27. The number of Topliss-reactive ketones (excluding diaryl/α,β-unsaturated/α-hetero) is 1. The van der Waals surface area contributed by atoms with Gasteiger partial charge in [-0.25, -0.2) is 13.4 Å². The molecule has 1 aliphatic heterocycles. The predicted octanol–water partition coefficient (Wildman–Crippen LogP) is 3.70. The molecule has 0 bridgehead atoms. The van der Waals surface area contributed by atoms with E-state index in [2.05, 4.69) is 4.98 Å². The number of fused-ring (bicyclic) bond motifs is 2. The molecule has 0 N–H and O–H groups in total. The lowest BCUT2D eigenvalue weighted by atomic mass is 10.1. The van der Waals surface area contributed by atoms with Crippen LogP contribution in [-0.2, 0) is 23.0 Å². The van der Waals surface area contributed by atoms with Gasteiger partial charge >= 0.3 is 0 Å². The number of rotatable bonds is 5. The Morgan fingerprint density at radius 3 is 2.75 bits per heavy atom. The van der Waals surface area contributed by atoms with E-state index >= 15 is 0 Å². The Hall–Kier alpha value is -2.82. The molecule has 3 aromatic heterocycles. The highest BCUT2D eigenvalue weighted by atomic mass is 32.2. The van der Waals surface area contributed by atoms with Crippen molar-refractivity contribution in [3.63, 3.8) is 0 Å². The van der Waals surface area contributed by atoms with Crippen LogP contribution in [0.5, 0.6) is 0 Å². The Morgan fingerprint density at radius 2 is 2.03 bits per heavy atom. The van der Waals surface area contributed by atoms with Crippen molar-refractivity contribution < 1.29 is 13.2 Å². The zero-order chi connectivity index (χ0) is 22.6. The molecule has 164 valence electrons. The lowest BCUT2D eigenvalue weighted by Gasteiger charge is -2.16. The van der Waals surface area contributed by atoms with Gasteiger partial charge in [0.2, 0.25) is 10.0 Å². The van der Waals surface area contributed by atoms with E-state index in [1.807, 2.05) is 24.4 Å². The highest BCUT2D eigenvalue weighted by Gasteiger charge is 2.27. The van der Waals surface area contributed by atoms with Crippen LogP contribution in [0.4, 0.5) is 5.69 Å². The Labute approximate surface area is 192 Å². The number of hydrogen-bond acceptors (Lipinski definition) is 7. The lowest BCUT2D eigenvalue weighted by molar-refractivity contribution is 0.0970. The van der Waals surface area contributed by atoms with Crippen molar-refractivity contribution in [3.8, 4) is 10.4 Å². The standard InChI is InChI=1S/C22H19N3O4S3/c1-13-3-6-19(31-13)16-11-30-21-20(16)22(27)24(12-23-21)10-18(26)15-4-5-17-14(9-15)7-8-25(17)32(2,28)29/h3-6,9,11-12H,7-8,10H2,1-2H3. The van der Waals surface area contributed by atoms with E-state index in [1.165, 1.54) is 32.8 Å². The van der Waals surface area contributed by atoms with Gasteiger partial charge in [0, 0.05) is 32.8 Å². The number of carbonyl (C=O) groups is 1. The monoisotopic (exact) mass is 485 g/mol. The Bertz CT molecular complexity index is 1550. The van der Waals surface area contributed by atoms with Gasteiger partial charge in [-0.1, -0.05) is 0 Å². The third-order valence-electron chi connectivity index (χ3n) is 5.54. The fourth-order valence-corrected chi connectivity index (χ4v) is 6.80. The van der Waals surface area contributed by atoms with Gasteiger partial charge in [0.15, 0.2) is 5.78 Å². The van der Waals surface area contributed by atoms with Gasteiger partial charge in [-0.3, -0.25) is 18.5 Å². The van der Waals surface area contributed by atoms with Crippen molar-refractivity contribution in [2.24, 2.45) is 0 Å². The number of benzene rings is 1. The first kappa shape index (κ1) is 21.0. The van der Waals surface area contributed by atoms with Crippen LogP contribution in [0.25, 0.3) is 20.7 Å². The number of nitrogens with zero attached hydrogens (tertiary/aromatic N) is 3. The second kappa shape index (κ2) is 7.65. The topological polar surface area (TPSA) is 89.3 Å². The van der Waals surface area contributed by atoms with Crippen molar-refractivity contribution in [1.82, 2.24) is 9.55 Å². The molecule has 7 nitrogen and oxygen atoms in total. The van der Waals surface area contributed by atoms with Crippen LogP contribution in [0.3, 0.4) is 0 Å². The SMILES string of the molecule is Cc1ccc(-c2csc3ncn(CC(=O)c4ccc5c(c4)CCN5S(C)(=O)=O)c(=O)c23)s1. The van der Waals surface area contributed by atoms with E-state index in [0.29, 0.717) is 34.4 Å². The Kier molecular flexibility index (Phi) is 5.03. The van der Waals surface area contributed by atoms with Gasteiger partial charge in [0.05, 0.1) is 30.2 Å². The second-order valence-electron chi connectivity index (χ2n) is 7.77. The number of thiophene rings is 2. The van der Waals surface area contributed by atoms with E-state index in [9.17, 15) is 18.0 Å². The van der Waals surface area contributed by atoms with Gasteiger partial charge in [-0.15, -0.1) is 22.7 Å². The fraction of sp³-hybridized carbons (Fsp3) is 0.227. The van der Waals surface area contributed by atoms with Crippen LogP contribution in [0, 0.1) is 6.92 Å². The van der Waals surface area contributed by atoms with Gasteiger partial charge < -0.3 is 0 Å². The average molecular weight is 486 g/mol. The molecule has 32 heavy (non-hydrogen) atoms. The van der Waals surface area contributed by atoms with Crippen molar-refractivity contribution in [3.05, 3.63) is 68.4 Å². The molecule has 0 saturated heterocycles. The Balaban J connectivity index is 1.47. The first-order chi connectivity index (χ1) is 15.2. The van der Waals surface area contributed by atoms with Crippen molar-refractivity contribution in [2.75, 3.05) is 17.1 Å². The number of hydrogen-bond donors (Lipinski definition) is 0. The van der Waals surface area contributed by atoms with Crippen LogP contribution in [-0.4, -0.2) is 36.6 Å². The van der Waals surface area contributed by atoms with Gasteiger partial charge in [0.1, 0.15) is 4.83 Å². The zero-order valence-corrected chi connectivity index (χ0v) is 19.8. The molecular formula is C22H19N3O4S3. The predicted molar refractivity (Wildman–Crippen MR) is 129 cm³/mol. The maximum atomic E-state index is 13.2. The van der Waals surface area contributed by atoms with E-state index in [0.717, 1.165) is 20.9 Å². The molecule has 1 aliphatic rings. The summed E-state index contributed by atoms with van der Waals surface area (Å²) in [6, 6.07) is 9.02. The number of aromatic nitrogens is 2. The van der Waals surface area contributed by atoms with E-state index in [4.69, 9.17) is 0 Å². The highest BCUT2D eigenvalue weighted by molar-refractivity contribution is 7.92. The molecule has 4 heterocycles. The molecule has 0 unspecified atom stereocenters. The maximum absolute atomic E-state index is 13.2. The van der Waals surface area contributed by atoms with Crippen molar-refractivity contribution >= 4 is 54.4 Å². The van der Waals surface area contributed by atoms with Crippen LogP contribution >= 0.6 is 22.7 Å².